The van der Waals surface area contributed by atoms with Gasteiger partial charge in [0, 0.05) is 10.1 Å². The van der Waals surface area contributed by atoms with Crippen molar-refractivity contribution < 1.29 is 9.53 Å². The molecule has 2 rings (SSSR count). The predicted molar refractivity (Wildman–Crippen MR) is 98.6 cm³/mol. The molecule has 1 aromatic carbocycles. The molecule has 1 aromatic rings. The van der Waals surface area contributed by atoms with Crippen LogP contribution in [0.2, 0.25) is 0 Å². The van der Waals surface area contributed by atoms with Crippen LogP contribution in [0, 0.1) is 5.92 Å². The smallest absolute Gasteiger partial charge is 0.338 e. The van der Waals surface area contributed by atoms with E-state index in [1.165, 1.54) is 37.0 Å². The van der Waals surface area contributed by atoms with Crippen molar-refractivity contribution in [3.63, 3.8) is 0 Å². The molecular formula is C20H28O2S. The Balaban J connectivity index is 2.21. The second-order valence-corrected chi connectivity index (χ2v) is 8.04. The summed E-state index contributed by atoms with van der Waals surface area (Å²) in [4.78, 5) is 13.6. The Kier molecular flexibility index (Phi) is 7.22. The topological polar surface area (TPSA) is 26.3 Å². The summed E-state index contributed by atoms with van der Waals surface area (Å²) in [5.74, 6) is 0.315. The van der Waals surface area contributed by atoms with Gasteiger partial charge in [0.05, 0.1) is 12.2 Å². The van der Waals surface area contributed by atoms with Crippen LogP contribution in [-0.2, 0) is 9.53 Å². The third kappa shape index (κ3) is 5.72. The molecule has 1 aliphatic carbocycles. The number of allylic oxidation sites excluding steroid dienone is 1. The Labute approximate surface area is 144 Å². The average molecular weight is 333 g/mol. The highest BCUT2D eigenvalue weighted by atomic mass is 32.2. The molecule has 0 atom stereocenters. The zero-order valence-corrected chi connectivity index (χ0v) is 15.3. The highest BCUT2D eigenvalue weighted by Gasteiger charge is 2.18. The molecule has 126 valence electrons. The molecule has 0 N–H and O–H groups in total. The first-order valence-corrected chi connectivity index (χ1v) is 9.64. The van der Waals surface area contributed by atoms with Gasteiger partial charge in [-0.25, -0.2) is 4.79 Å². The fraction of sp³-hybridized carbons (Fsp3) is 0.550. The van der Waals surface area contributed by atoms with Crippen LogP contribution in [0.4, 0.5) is 0 Å². The van der Waals surface area contributed by atoms with Gasteiger partial charge in [-0.1, -0.05) is 51.3 Å². The molecule has 23 heavy (non-hydrogen) atoms. The summed E-state index contributed by atoms with van der Waals surface area (Å²) in [6, 6.07) is 8.31. The van der Waals surface area contributed by atoms with Crippen LogP contribution in [0.1, 0.15) is 58.4 Å². The molecule has 3 heteroatoms. The van der Waals surface area contributed by atoms with E-state index in [1.807, 2.05) is 18.7 Å². The van der Waals surface area contributed by atoms with E-state index < -0.39 is 0 Å². The number of rotatable bonds is 6. The van der Waals surface area contributed by atoms with Crippen LogP contribution in [-0.4, -0.2) is 17.8 Å². The molecule has 0 aromatic heterocycles. The van der Waals surface area contributed by atoms with Gasteiger partial charge >= 0.3 is 5.97 Å². The summed E-state index contributed by atoms with van der Waals surface area (Å²) in [5.41, 5.74) is 1.71. The second kappa shape index (κ2) is 9.17. The maximum atomic E-state index is 12.4. The summed E-state index contributed by atoms with van der Waals surface area (Å²) in [5, 5.41) is 0.558. The lowest BCUT2D eigenvalue weighted by Gasteiger charge is -2.19. The number of carbonyl (C=O) groups excluding carboxylic acids is 1. The standard InChI is InChI=1S/C20H28O2S/c1-4-22-20(21)19(14-16-8-6-5-7-9-16)17-10-12-18(13-11-17)23-15(2)3/h10-16H,4-9H2,1-3H3/b19-14+. The quantitative estimate of drug-likeness (QED) is 0.379. The highest BCUT2D eigenvalue weighted by Crippen LogP contribution is 2.30. The van der Waals surface area contributed by atoms with E-state index in [4.69, 9.17) is 4.74 Å². The van der Waals surface area contributed by atoms with Gasteiger partial charge in [0.2, 0.25) is 0 Å². The minimum atomic E-state index is -0.192. The Bertz CT molecular complexity index is 525. The molecule has 0 spiro atoms. The Morgan fingerprint density at radius 3 is 2.43 bits per heavy atom. The summed E-state index contributed by atoms with van der Waals surface area (Å²) >= 11 is 1.84. The lowest BCUT2D eigenvalue weighted by atomic mass is 9.87. The first-order valence-electron chi connectivity index (χ1n) is 8.76. The number of carbonyl (C=O) groups is 1. The number of hydrogen-bond acceptors (Lipinski definition) is 3. The van der Waals surface area contributed by atoms with Crippen LogP contribution < -0.4 is 0 Å². The maximum absolute atomic E-state index is 12.4. The van der Waals surface area contributed by atoms with Gasteiger partial charge in [-0.15, -0.1) is 11.8 Å². The molecular weight excluding hydrogens is 304 g/mol. The van der Waals surface area contributed by atoms with E-state index in [9.17, 15) is 4.79 Å². The third-order valence-corrected chi connectivity index (χ3v) is 5.10. The minimum absolute atomic E-state index is 0.192. The Hall–Kier alpha value is -1.22. The van der Waals surface area contributed by atoms with Crippen LogP contribution in [0.3, 0.4) is 0 Å². The molecule has 0 bridgehead atoms. The van der Waals surface area contributed by atoms with E-state index >= 15 is 0 Å². The molecule has 0 radical (unpaired) electrons. The van der Waals surface area contributed by atoms with E-state index in [-0.39, 0.29) is 5.97 Å². The van der Waals surface area contributed by atoms with E-state index in [1.54, 1.807) is 0 Å². The van der Waals surface area contributed by atoms with Crippen LogP contribution in [0.5, 0.6) is 0 Å². The van der Waals surface area contributed by atoms with Gasteiger partial charge in [0.1, 0.15) is 0 Å². The largest absolute Gasteiger partial charge is 0.462 e. The maximum Gasteiger partial charge on any atom is 0.338 e. The van der Waals surface area contributed by atoms with Crippen molar-refractivity contribution in [1.82, 2.24) is 0 Å². The normalized spacial score (nSPS) is 16.6. The molecule has 0 saturated heterocycles. The van der Waals surface area contributed by atoms with Crippen molar-refractivity contribution in [3.8, 4) is 0 Å². The van der Waals surface area contributed by atoms with Crippen LogP contribution in [0.25, 0.3) is 5.57 Å². The van der Waals surface area contributed by atoms with Crippen LogP contribution in [0.15, 0.2) is 35.2 Å². The molecule has 2 nitrogen and oxygen atoms in total. The minimum Gasteiger partial charge on any atom is -0.462 e. The van der Waals surface area contributed by atoms with Gasteiger partial charge in [-0.05, 0) is 43.4 Å². The van der Waals surface area contributed by atoms with E-state index in [0.717, 1.165) is 11.1 Å². The van der Waals surface area contributed by atoms with Crippen molar-refractivity contribution >= 4 is 23.3 Å². The van der Waals surface area contributed by atoms with Gasteiger partial charge in [-0.3, -0.25) is 0 Å². The third-order valence-electron chi connectivity index (χ3n) is 4.08. The lowest BCUT2D eigenvalue weighted by Crippen LogP contribution is -2.10. The SMILES string of the molecule is CCOC(=O)/C(=C/C1CCCCC1)c1ccc(SC(C)C)cc1. The monoisotopic (exact) mass is 332 g/mol. The summed E-state index contributed by atoms with van der Waals surface area (Å²) in [6.07, 6.45) is 8.37. The number of ether oxygens (including phenoxy) is 1. The first kappa shape index (κ1) is 18.1. The summed E-state index contributed by atoms with van der Waals surface area (Å²) in [6.45, 7) is 6.65. The van der Waals surface area contributed by atoms with Crippen molar-refractivity contribution in [3.05, 3.63) is 35.9 Å². The highest BCUT2D eigenvalue weighted by molar-refractivity contribution is 7.99. The van der Waals surface area contributed by atoms with Gasteiger partial charge in [-0.2, -0.15) is 0 Å². The van der Waals surface area contributed by atoms with E-state index in [0.29, 0.717) is 17.8 Å². The average Bonchev–Trinajstić information content (AvgIpc) is 2.54. The number of benzene rings is 1. The van der Waals surface area contributed by atoms with E-state index in [2.05, 4.69) is 44.2 Å². The second-order valence-electron chi connectivity index (χ2n) is 6.39. The molecule has 1 saturated carbocycles. The van der Waals surface area contributed by atoms with Gasteiger partial charge in [0.15, 0.2) is 0 Å². The van der Waals surface area contributed by atoms with Crippen molar-refractivity contribution in [2.24, 2.45) is 5.92 Å². The molecule has 1 fully saturated rings. The predicted octanol–water partition coefficient (Wildman–Crippen LogP) is 5.71. The molecule has 0 amide bonds. The van der Waals surface area contributed by atoms with Crippen molar-refractivity contribution in [2.45, 2.75) is 63.0 Å². The van der Waals surface area contributed by atoms with Gasteiger partial charge in [0.25, 0.3) is 0 Å². The number of esters is 1. The Morgan fingerprint density at radius 1 is 1.22 bits per heavy atom. The Morgan fingerprint density at radius 2 is 1.87 bits per heavy atom. The van der Waals surface area contributed by atoms with Crippen molar-refractivity contribution in [2.75, 3.05) is 6.61 Å². The lowest BCUT2D eigenvalue weighted by molar-refractivity contribution is -0.136. The molecule has 0 aliphatic heterocycles. The first-order chi connectivity index (χ1) is 11.1. The van der Waals surface area contributed by atoms with Crippen molar-refractivity contribution in [1.29, 1.82) is 0 Å². The summed E-state index contributed by atoms with van der Waals surface area (Å²) < 4.78 is 5.28. The summed E-state index contributed by atoms with van der Waals surface area (Å²) in [7, 11) is 0. The van der Waals surface area contributed by atoms with Gasteiger partial charge < -0.3 is 4.74 Å². The zero-order chi connectivity index (χ0) is 16.7. The molecule has 0 unspecified atom stereocenters. The number of hydrogen-bond donors (Lipinski definition) is 0. The fourth-order valence-corrected chi connectivity index (χ4v) is 3.85. The zero-order valence-electron chi connectivity index (χ0n) is 14.5. The number of thioether (sulfide) groups is 1. The molecule has 1 aliphatic rings. The van der Waals surface area contributed by atoms with Crippen LogP contribution >= 0.6 is 11.8 Å². The fourth-order valence-electron chi connectivity index (χ4n) is 3.01. The molecule has 0 heterocycles.